The fraction of sp³-hybridized carbons (Fsp3) is 0.818. The Labute approximate surface area is 94.9 Å². The van der Waals surface area contributed by atoms with Crippen LogP contribution < -0.4 is 0 Å². The Kier molecular flexibility index (Phi) is 3.75. The first-order chi connectivity index (χ1) is 7.79. The number of carbonyl (C=O) groups is 1. The van der Waals surface area contributed by atoms with E-state index in [1.165, 1.54) is 0 Å². The summed E-state index contributed by atoms with van der Waals surface area (Å²) in [6.07, 6.45) is 2.07. The van der Waals surface area contributed by atoms with Crippen LogP contribution in [-0.4, -0.2) is 49.3 Å². The highest BCUT2D eigenvalue weighted by atomic mass is 16.5. The summed E-state index contributed by atoms with van der Waals surface area (Å²) in [6.45, 7) is 2.20. The Morgan fingerprint density at radius 3 is 3.00 bits per heavy atom. The monoisotopic (exact) mass is 224 g/mol. The number of morpholine rings is 1. The third-order valence-electron chi connectivity index (χ3n) is 2.99. The predicted molar refractivity (Wildman–Crippen MR) is 55.5 cm³/mol. The van der Waals surface area contributed by atoms with Crippen LogP contribution in [0.5, 0.6) is 0 Å². The summed E-state index contributed by atoms with van der Waals surface area (Å²) in [5.74, 6) is 0.0791. The van der Waals surface area contributed by atoms with Crippen LogP contribution in [0.3, 0.4) is 0 Å². The quantitative estimate of drug-likeness (QED) is 0.677. The van der Waals surface area contributed by atoms with Crippen molar-refractivity contribution >= 4 is 5.91 Å². The second-order valence-electron chi connectivity index (χ2n) is 4.17. The van der Waals surface area contributed by atoms with E-state index in [1.807, 2.05) is 6.07 Å². The molecule has 0 aliphatic carbocycles. The molecule has 2 unspecified atom stereocenters. The van der Waals surface area contributed by atoms with E-state index in [9.17, 15) is 4.79 Å². The molecule has 2 rings (SSSR count). The van der Waals surface area contributed by atoms with E-state index in [1.54, 1.807) is 4.90 Å². The molecule has 0 aromatic heterocycles. The summed E-state index contributed by atoms with van der Waals surface area (Å²) < 4.78 is 10.6. The minimum Gasteiger partial charge on any atom is -0.378 e. The molecule has 5 nitrogen and oxygen atoms in total. The second kappa shape index (κ2) is 5.28. The van der Waals surface area contributed by atoms with Gasteiger partial charge in [-0.2, -0.15) is 5.26 Å². The number of nitriles is 1. The Morgan fingerprint density at radius 2 is 2.31 bits per heavy atom. The summed E-state index contributed by atoms with van der Waals surface area (Å²) >= 11 is 0. The number of hydrogen-bond acceptors (Lipinski definition) is 4. The minimum atomic E-state index is -0.470. The third kappa shape index (κ3) is 2.71. The lowest BCUT2D eigenvalue weighted by molar-refractivity contribution is -0.139. The molecule has 0 bridgehead atoms. The van der Waals surface area contributed by atoms with E-state index in [4.69, 9.17) is 14.7 Å². The highest BCUT2D eigenvalue weighted by Gasteiger charge is 2.27. The van der Waals surface area contributed by atoms with Gasteiger partial charge in [0.1, 0.15) is 0 Å². The molecule has 5 heteroatoms. The predicted octanol–water partition coefficient (Wildman–Crippen LogP) is 0.306. The van der Waals surface area contributed by atoms with Gasteiger partial charge in [0, 0.05) is 13.2 Å². The molecule has 2 saturated heterocycles. The summed E-state index contributed by atoms with van der Waals surface area (Å²) in [7, 11) is 0. The zero-order chi connectivity index (χ0) is 11.4. The molecule has 2 atom stereocenters. The summed E-state index contributed by atoms with van der Waals surface area (Å²) in [4.78, 5) is 13.6. The van der Waals surface area contributed by atoms with Gasteiger partial charge in [-0.15, -0.1) is 0 Å². The maximum Gasteiger partial charge on any atom is 0.225 e. The van der Waals surface area contributed by atoms with Gasteiger partial charge in [-0.3, -0.25) is 4.79 Å². The van der Waals surface area contributed by atoms with Crippen molar-refractivity contribution in [1.82, 2.24) is 4.90 Å². The van der Waals surface area contributed by atoms with Crippen molar-refractivity contribution in [2.45, 2.75) is 31.5 Å². The molecule has 1 amide bonds. The van der Waals surface area contributed by atoms with Gasteiger partial charge in [-0.25, -0.2) is 0 Å². The molecule has 88 valence electrons. The van der Waals surface area contributed by atoms with Crippen molar-refractivity contribution in [3.05, 3.63) is 0 Å². The van der Waals surface area contributed by atoms with Crippen LogP contribution in [0.2, 0.25) is 0 Å². The van der Waals surface area contributed by atoms with E-state index in [0.717, 1.165) is 19.4 Å². The number of amides is 1. The number of nitrogens with zero attached hydrogens (tertiary/aromatic N) is 2. The topological polar surface area (TPSA) is 62.6 Å². The van der Waals surface area contributed by atoms with E-state index >= 15 is 0 Å². The van der Waals surface area contributed by atoms with Crippen molar-refractivity contribution in [2.24, 2.45) is 0 Å². The fourth-order valence-corrected chi connectivity index (χ4v) is 2.08. The van der Waals surface area contributed by atoms with Crippen LogP contribution in [0.4, 0.5) is 0 Å². The van der Waals surface area contributed by atoms with Crippen LogP contribution >= 0.6 is 0 Å². The minimum absolute atomic E-state index is 0.0791. The number of hydrogen-bond donors (Lipinski definition) is 0. The lowest BCUT2D eigenvalue weighted by atomic mass is 10.1. The Bertz CT molecular complexity index is 294. The molecule has 2 aliphatic rings. The second-order valence-corrected chi connectivity index (χ2v) is 4.17. The van der Waals surface area contributed by atoms with Crippen LogP contribution in [0.25, 0.3) is 0 Å². The smallest absolute Gasteiger partial charge is 0.225 e. The van der Waals surface area contributed by atoms with Gasteiger partial charge in [-0.1, -0.05) is 0 Å². The molecule has 0 saturated carbocycles. The van der Waals surface area contributed by atoms with Crippen molar-refractivity contribution in [2.75, 3.05) is 26.3 Å². The normalized spacial score (nSPS) is 30.1. The van der Waals surface area contributed by atoms with Crippen molar-refractivity contribution in [3.63, 3.8) is 0 Å². The summed E-state index contributed by atoms with van der Waals surface area (Å²) in [5.41, 5.74) is 0. The molecule has 0 radical (unpaired) electrons. The first-order valence-electron chi connectivity index (χ1n) is 5.70. The Morgan fingerprint density at radius 1 is 1.44 bits per heavy atom. The molecule has 0 aromatic carbocycles. The molecule has 16 heavy (non-hydrogen) atoms. The molecular formula is C11H16N2O3. The molecule has 0 N–H and O–H groups in total. The van der Waals surface area contributed by atoms with E-state index in [0.29, 0.717) is 26.1 Å². The van der Waals surface area contributed by atoms with Gasteiger partial charge in [0.25, 0.3) is 0 Å². The van der Waals surface area contributed by atoms with Gasteiger partial charge in [0.2, 0.25) is 5.91 Å². The number of carbonyl (C=O) groups excluding carboxylic acids is 1. The van der Waals surface area contributed by atoms with Crippen molar-refractivity contribution in [1.29, 1.82) is 5.26 Å². The Balaban J connectivity index is 1.81. The van der Waals surface area contributed by atoms with Crippen LogP contribution in [0.1, 0.15) is 19.3 Å². The van der Waals surface area contributed by atoms with Gasteiger partial charge < -0.3 is 14.4 Å². The first-order valence-corrected chi connectivity index (χ1v) is 5.70. The molecule has 0 aromatic rings. The first kappa shape index (κ1) is 11.4. The van der Waals surface area contributed by atoms with Gasteiger partial charge >= 0.3 is 0 Å². The number of ether oxygens (including phenoxy) is 2. The van der Waals surface area contributed by atoms with Crippen molar-refractivity contribution < 1.29 is 14.3 Å². The third-order valence-corrected chi connectivity index (χ3v) is 2.99. The largest absolute Gasteiger partial charge is 0.378 e. The fourth-order valence-electron chi connectivity index (χ4n) is 2.08. The van der Waals surface area contributed by atoms with Crippen LogP contribution in [0, 0.1) is 11.3 Å². The van der Waals surface area contributed by atoms with Gasteiger partial charge in [-0.05, 0) is 12.8 Å². The zero-order valence-corrected chi connectivity index (χ0v) is 9.22. The zero-order valence-electron chi connectivity index (χ0n) is 9.22. The lowest BCUT2D eigenvalue weighted by Crippen LogP contribution is -2.45. The van der Waals surface area contributed by atoms with E-state index in [2.05, 4.69) is 0 Å². The van der Waals surface area contributed by atoms with Gasteiger partial charge in [0.05, 0.1) is 31.7 Å². The SMILES string of the molecule is N#CC1CN(C(=O)CC2CCCO2)CCO1. The average molecular weight is 224 g/mol. The van der Waals surface area contributed by atoms with E-state index < -0.39 is 6.10 Å². The number of rotatable bonds is 2. The molecule has 2 aliphatic heterocycles. The molecule has 2 fully saturated rings. The highest BCUT2D eigenvalue weighted by Crippen LogP contribution is 2.17. The molecular weight excluding hydrogens is 208 g/mol. The van der Waals surface area contributed by atoms with Crippen LogP contribution in [-0.2, 0) is 14.3 Å². The van der Waals surface area contributed by atoms with Crippen molar-refractivity contribution in [3.8, 4) is 6.07 Å². The Hall–Kier alpha value is -1.12. The van der Waals surface area contributed by atoms with Crippen LogP contribution in [0.15, 0.2) is 0 Å². The average Bonchev–Trinajstić information content (AvgIpc) is 2.82. The molecule has 2 heterocycles. The maximum absolute atomic E-state index is 11.9. The summed E-state index contributed by atoms with van der Waals surface area (Å²) in [5, 5.41) is 8.74. The summed E-state index contributed by atoms with van der Waals surface area (Å²) in [6, 6.07) is 2.04. The lowest BCUT2D eigenvalue weighted by Gasteiger charge is -2.30. The van der Waals surface area contributed by atoms with E-state index in [-0.39, 0.29) is 12.0 Å². The molecule has 0 spiro atoms. The highest BCUT2D eigenvalue weighted by molar-refractivity contribution is 5.76. The standard InChI is InChI=1S/C11H16N2O3/c12-7-10-8-13(3-5-16-10)11(14)6-9-2-1-4-15-9/h9-10H,1-6,8H2. The van der Waals surface area contributed by atoms with Gasteiger partial charge in [0.15, 0.2) is 6.10 Å². The maximum atomic E-state index is 11.9.